The molecule has 0 aliphatic carbocycles. The Balaban J connectivity index is 1.14. The molecular weight excluding hydrogens is 410 g/mol. The number of nitrogens with zero attached hydrogens (tertiary/aromatic N) is 2. The first-order chi connectivity index (χ1) is 16.3. The van der Waals surface area contributed by atoms with Gasteiger partial charge in [-0.1, -0.05) is 36.4 Å². The van der Waals surface area contributed by atoms with Gasteiger partial charge in [0, 0.05) is 44.1 Å². The molecule has 1 N–H and O–H groups in total. The van der Waals surface area contributed by atoms with Gasteiger partial charge >= 0.3 is 0 Å². The molecule has 0 saturated carbocycles. The summed E-state index contributed by atoms with van der Waals surface area (Å²) in [6, 6.07) is 22.2. The van der Waals surface area contributed by atoms with E-state index < -0.39 is 0 Å². The van der Waals surface area contributed by atoms with E-state index in [1.165, 1.54) is 11.1 Å². The topological polar surface area (TPSA) is 54.5 Å². The number of nitrogens with one attached hydrogen (secondary N) is 1. The van der Waals surface area contributed by atoms with E-state index in [2.05, 4.69) is 51.6 Å². The SMILES string of the molecule is O=C(NCCCc1cccnc1)c1ccc(OC2CCN(CCc3ccccc3)CC2)cc1. The Hall–Kier alpha value is -3.18. The number of aryl methyl sites for hydroxylation is 1. The number of amides is 1. The zero-order valence-electron chi connectivity index (χ0n) is 19.2. The van der Waals surface area contributed by atoms with E-state index in [0.29, 0.717) is 12.1 Å². The molecule has 172 valence electrons. The molecule has 1 aliphatic rings. The molecule has 0 atom stereocenters. The van der Waals surface area contributed by atoms with Crippen molar-refractivity contribution in [2.24, 2.45) is 0 Å². The average molecular weight is 444 g/mol. The van der Waals surface area contributed by atoms with Crippen LogP contribution in [0.25, 0.3) is 0 Å². The summed E-state index contributed by atoms with van der Waals surface area (Å²) < 4.78 is 6.18. The van der Waals surface area contributed by atoms with Crippen molar-refractivity contribution in [1.82, 2.24) is 15.2 Å². The van der Waals surface area contributed by atoms with Crippen molar-refractivity contribution < 1.29 is 9.53 Å². The number of likely N-dealkylation sites (tertiary alicyclic amines) is 1. The van der Waals surface area contributed by atoms with E-state index in [9.17, 15) is 4.79 Å². The fraction of sp³-hybridized carbons (Fsp3) is 0.357. The van der Waals surface area contributed by atoms with E-state index in [0.717, 1.165) is 57.5 Å². The molecule has 0 radical (unpaired) electrons. The van der Waals surface area contributed by atoms with Crippen molar-refractivity contribution >= 4 is 5.91 Å². The van der Waals surface area contributed by atoms with Crippen LogP contribution in [0.2, 0.25) is 0 Å². The Morgan fingerprint density at radius 1 is 0.939 bits per heavy atom. The molecule has 5 heteroatoms. The Bertz CT molecular complexity index is 969. The van der Waals surface area contributed by atoms with E-state index in [1.54, 1.807) is 6.20 Å². The third-order valence-electron chi connectivity index (χ3n) is 6.16. The second kappa shape index (κ2) is 12.2. The first-order valence-electron chi connectivity index (χ1n) is 12.0. The maximum Gasteiger partial charge on any atom is 0.251 e. The number of benzene rings is 2. The molecule has 1 aliphatic heterocycles. The van der Waals surface area contributed by atoms with E-state index in [1.807, 2.05) is 36.5 Å². The molecule has 0 unspecified atom stereocenters. The lowest BCUT2D eigenvalue weighted by atomic mass is 10.1. The van der Waals surface area contributed by atoms with Crippen molar-refractivity contribution in [2.45, 2.75) is 38.2 Å². The Morgan fingerprint density at radius 3 is 2.42 bits per heavy atom. The van der Waals surface area contributed by atoms with Gasteiger partial charge in [0.05, 0.1) is 0 Å². The molecule has 0 bridgehead atoms. The maximum atomic E-state index is 12.4. The molecule has 2 aromatic carbocycles. The predicted octanol–water partition coefficient (Wildman–Crippen LogP) is 4.53. The number of pyridine rings is 1. The van der Waals surface area contributed by atoms with E-state index in [4.69, 9.17) is 4.74 Å². The summed E-state index contributed by atoms with van der Waals surface area (Å²) in [6.07, 6.45) is 8.85. The monoisotopic (exact) mass is 443 g/mol. The van der Waals surface area contributed by atoms with Crippen molar-refractivity contribution in [2.75, 3.05) is 26.2 Å². The molecule has 2 heterocycles. The van der Waals surface area contributed by atoms with Crippen molar-refractivity contribution in [3.63, 3.8) is 0 Å². The highest BCUT2D eigenvalue weighted by molar-refractivity contribution is 5.94. The smallest absolute Gasteiger partial charge is 0.251 e. The Labute approximate surface area is 196 Å². The molecule has 4 rings (SSSR count). The molecule has 1 saturated heterocycles. The number of carbonyl (C=O) groups excluding carboxylic acids is 1. The second-order valence-corrected chi connectivity index (χ2v) is 8.64. The lowest BCUT2D eigenvalue weighted by molar-refractivity contribution is 0.0952. The number of hydrogen-bond donors (Lipinski definition) is 1. The van der Waals surface area contributed by atoms with Crippen LogP contribution in [0.4, 0.5) is 0 Å². The average Bonchev–Trinajstić information content (AvgIpc) is 2.88. The molecule has 5 nitrogen and oxygen atoms in total. The predicted molar refractivity (Wildman–Crippen MR) is 132 cm³/mol. The van der Waals surface area contributed by atoms with Crippen LogP contribution in [0.5, 0.6) is 5.75 Å². The minimum absolute atomic E-state index is 0.0422. The van der Waals surface area contributed by atoms with Crippen molar-refractivity contribution in [3.8, 4) is 5.75 Å². The summed E-state index contributed by atoms with van der Waals surface area (Å²) >= 11 is 0. The first kappa shape index (κ1) is 23.0. The van der Waals surface area contributed by atoms with E-state index >= 15 is 0 Å². The molecule has 33 heavy (non-hydrogen) atoms. The van der Waals surface area contributed by atoms with E-state index in [-0.39, 0.29) is 12.0 Å². The maximum absolute atomic E-state index is 12.4. The molecule has 1 fully saturated rings. The van der Waals surface area contributed by atoms with Crippen LogP contribution in [0.15, 0.2) is 79.1 Å². The summed E-state index contributed by atoms with van der Waals surface area (Å²) in [5.74, 6) is 0.797. The van der Waals surface area contributed by atoms with Gasteiger partial charge in [-0.15, -0.1) is 0 Å². The van der Waals surface area contributed by atoms with Crippen LogP contribution < -0.4 is 10.1 Å². The van der Waals surface area contributed by atoms with Gasteiger partial charge < -0.3 is 15.0 Å². The number of rotatable bonds is 10. The van der Waals surface area contributed by atoms with Gasteiger partial charge in [-0.25, -0.2) is 0 Å². The molecular formula is C28H33N3O2. The van der Waals surface area contributed by atoms with Crippen LogP contribution in [0.1, 0.15) is 40.7 Å². The number of ether oxygens (including phenoxy) is 1. The molecule has 1 amide bonds. The molecule has 1 aromatic heterocycles. The summed E-state index contributed by atoms with van der Waals surface area (Å²) in [5.41, 5.74) is 3.25. The van der Waals surface area contributed by atoms with Crippen LogP contribution in [0, 0.1) is 0 Å². The summed E-state index contributed by atoms with van der Waals surface area (Å²) in [4.78, 5) is 19.0. The quantitative estimate of drug-likeness (QED) is 0.468. The molecule has 0 spiro atoms. The summed E-state index contributed by atoms with van der Waals surface area (Å²) in [5, 5.41) is 2.99. The van der Waals surface area contributed by atoms with Crippen LogP contribution >= 0.6 is 0 Å². The van der Waals surface area contributed by atoms with Gasteiger partial charge in [-0.3, -0.25) is 9.78 Å². The zero-order valence-corrected chi connectivity index (χ0v) is 19.2. The van der Waals surface area contributed by atoms with Crippen LogP contribution in [0.3, 0.4) is 0 Å². The highest BCUT2D eigenvalue weighted by Gasteiger charge is 2.20. The third kappa shape index (κ3) is 7.43. The minimum Gasteiger partial charge on any atom is -0.490 e. The fourth-order valence-electron chi connectivity index (χ4n) is 4.20. The minimum atomic E-state index is -0.0422. The van der Waals surface area contributed by atoms with Crippen molar-refractivity contribution in [1.29, 1.82) is 0 Å². The highest BCUT2D eigenvalue weighted by atomic mass is 16.5. The Morgan fingerprint density at radius 2 is 1.70 bits per heavy atom. The number of carbonyl (C=O) groups is 1. The van der Waals surface area contributed by atoms with Gasteiger partial charge in [0.2, 0.25) is 0 Å². The van der Waals surface area contributed by atoms with Gasteiger partial charge in [0.25, 0.3) is 5.91 Å². The lowest BCUT2D eigenvalue weighted by Crippen LogP contribution is -2.39. The van der Waals surface area contributed by atoms with Gasteiger partial charge in [0.1, 0.15) is 11.9 Å². The van der Waals surface area contributed by atoms with Crippen LogP contribution in [-0.4, -0.2) is 48.1 Å². The number of piperidine rings is 1. The Kier molecular flexibility index (Phi) is 8.48. The van der Waals surface area contributed by atoms with Crippen LogP contribution in [-0.2, 0) is 12.8 Å². The van der Waals surface area contributed by atoms with Gasteiger partial charge in [-0.2, -0.15) is 0 Å². The normalized spacial score (nSPS) is 14.7. The fourth-order valence-corrected chi connectivity index (χ4v) is 4.20. The number of hydrogen-bond acceptors (Lipinski definition) is 4. The summed E-state index contributed by atoms with van der Waals surface area (Å²) in [6.45, 7) is 3.88. The largest absolute Gasteiger partial charge is 0.490 e. The molecule has 3 aromatic rings. The first-order valence-corrected chi connectivity index (χ1v) is 12.0. The third-order valence-corrected chi connectivity index (χ3v) is 6.16. The standard InChI is InChI=1S/C28H33N3O2/c32-28(30-18-5-9-24-8-4-17-29-22-24)25-10-12-26(13-11-25)33-27-15-20-31(21-16-27)19-14-23-6-2-1-3-7-23/h1-4,6-8,10-13,17,22,27H,5,9,14-16,18-21H2,(H,30,32). The lowest BCUT2D eigenvalue weighted by Gasteiger charge is -2.32. The van der Waals surface area contributed by atoms with Crippen molar-refractivity contribution in [3.05, 3.63) is 95.8 Å². The second-order valence-electron chi connectivity index (χ2n) is 8.64. The highest BCUT2D eigenvalue weighted by Crippen LogP contribution is 2.20. The van der Waals surface area contributed by atoms with Gasteiger partial charge in [0.15, 0.2) is 0 Å². The summed E-state index contributed by atoms with van der Waals surface area (Å²) in [7, 11) is 0. The zero-order chi connectivity index (χ0) is 22.7. The van der Waals surface area contributed by atoms with Gasteiger partial charge in [-0.05, 0) is 73.6 Å². The number of aromatic nitrogens is 1.